The van der Waals surface area contributed by atoms with Crippen LogP contribution in [0.5, 0.6) is 0 Å². The zero-order valence-corrected chi connectivity index (χ0v) is 9.89. The van der Waals surface area contributed by atoms with E-state index in [-0.39, 0.29) is 0 Å². The van der Waals surface area contributed by atoms with Gasteiger partial charge in [0.05, 0.1) is 0 Å². The van der Waals surface area contributed by atoms with Gasteiger partial charge in [-0.25, -0.2) is 0 Å². The molecule has 0 heterocycles. The normalized spacial score (nSPS) is 10.1. The van der Waals surface area contributed by atoms with E-state index in [0.29, 0.717) is 5.69 Å². The Bertz CT molecular complexity index is 383. The fourth-order valence-electron chi connectivity index (χ4n) is 0.935. The molecule has 0 atom stereocenters. The maximum atomic E-state index is 9.75. The van der Waals surface area contributed by atoms with Crippen LogP contribution in [0, 0.1) is 5.39 Å². The van der Waals surface area contributed by atoms with Crippen molar-refractivity contribution >= 4 is 28.9 Å². The number of nitrogens with zero attached hydrogens (tertiary/aromatic N) is 2. The number of hydrogen-bond donors (Lipinski definition) is 0. The van der Waals surface area contributed by atoms with Crippen LogP contribution in [0.1, 0.15) is 12.5 Å². The minimum Gasteiger partial charge on any atom is -0.418 e. The van der Waals surface area contributed by atoms with Gasteiger partial charge in [0.15, 0.2) is 4.98 Å². The van der Waals surface area contributed by atoms with Gasteiger partial charge in [-0.3, -0.25) is 0 Å². The molecule has 2 nitrogen and oxygen atoms in total. The predicted molar refractivity (Wildman–Crippen MR) is 58.5 cm³/mol. The third-order valence-electron chi connectivity index (χ3n) is 1.53. The van der Waals surface area contributed by atoms with Gasteiger partial charge in [0, 0.05) is 16.1 Å². The van der Waals surface area contributed by atoms with Crippen molar-refractivity contribution in [2.24, 2.45) is 0 Å². The molecule has 0 bridgehead atoms. The lowest BCUT2D eigenvalue weighted by Gasteiger charge is -1.94. The zero-order valence-electron chi connectivity index (χ0n) is 8.30. The van der Waals surface area contributed by atoms with E-state index in [1.807, 2.05) is 19.1 Å². The smallest absolute Gasteiger partial charge is 0.418 e. The van der Waals surface area contributed by atoms with E-state index in [2.05, 4.69) is 20.9 Å². The summed E-state index contributed by atoms with van der Waals surface area (Å²) >= 11 is 3.34. The fraction of sp³-hybridized carbons (Fsp3) is 0.250. The molecule has 1 aromatic carbocycles. The van der Waals surface area contributed by atoms with Crippen molar-refractivity contribution < 1.29 is 17.3 Å². The van der Waals surface area contributed by atoms with Crippen LogP contribution in [0.25, 0.3) is 4.98 Å². The van der Waals surface area contributed by atoms with Crippen molar-refractivity contribution in [3.8, 4) is 0 Å². The summed E-state index contributed by atoms with van der Waals surface area (Å²) < 4.78 is 40.0. The SMILES string of the molecule is CCc1cc(Br)ccc1[N+]#N.F[B-](F)(F)F. The molecule has 88 valence electrons. The van der Waals surface area contributed by atoms with E-state index in [9.17, 15) is 17.3 Å². The van der Waals surface area contributed by atoms with Crippen molar-refractivity contribution in [3.05, 3.63) is 33.2 Å². The maximum absolute atomic E-state index is 9.75. The highest BCUT2D eigenvalue weighted by molar-refractivity contribution is 9.10. The van der Waals surface area contributed by atoms with Gasteiger partial charge in [-0.15, -0.1) is 0 Å². The van der Waals surface area contributed by atoms with E-state index in [1.165, 1.54) is 0 Å². The molecule has 1 rings (SSSR count). The molecular formula is C8H8BBrF4N2. The highest BCUT2D eigenvalue weighted by Gasteiger charge is 2.20. The van der Waals surface area contributed by atoms with Gasteiger partial charge >= 0.3 is 12.9 Å². The van der Waals surface area contributed by atoms with Crippen LogP contribution in [0.15, 0.2) is 22.7 Å². The molecule has 0 amide bonds. The van der Waals surface area contributed by atoms with E-state index < -0.39 is 7.25 Å². The summed E-state index contributed by atoms with van der Waals surface area (Å²) in [7, 11) is -6.00. The summed E-state index contributed by atoms with van der Waals surface area (Å²) in [4.78, 5) is 3.16. The molecule has 0 unspecified atom stereocenters. The average Bonchev–Trinajstić information content (AvgIpc) is 2.15. The first-order valence-electron chi connectivity index (χ1n) is 4.28. The second kappa shape index (κ2) is 6.48. The Morgan fingerprint density at radius 1 is 1.31 bits per heavy atom. The minimum atomic E-state index is -6.00. The molecule has 0 fully saturated rings. The first kappa shape index (κ1) is 14.9. The number of rotatable bonds is 1. The van der Waals surface area contributed by atoms with Crippen molar-refractivity contribution in [3.63, 3.8) is 0 Å². The molecule has 0 aliphatic carbocycles. The average molecular weight is 299 g/mol. The summed E-state index contributed by atoms with van der Waals surface area (Å²) in [5.41, 5.74) is 1.69. The predicted octanol–water partition coefficient (Wildman–Crippen LogP) is 4.80. The highest BCUT2D eigenvalue weighted by atomic mass is 79.9. The Labute approximate surface area is 98.5 Å². The number of aryl methyl sites for hydroxylation is 1. The molecule has 0 saturated carbocycles. The monoisotopic (exact) mass is 298 g/mol. The zero-order chi connectivity index (χ0) is 12.8. The Kier molecular flexibility index (Phi) is 6.04. The van der Waals surface area contributed by atoms with Gasteiger partial charge in [0.2, 0.25) is 5.39 Å². The van der Waals surface area contributed by atoms with Crippen LogP contribution in [0.2, 0.25) is 0 Å². The Morgan fingerprint density at radius 2 is 1.81 bits per heavy atom. The molecule has 1 aromatic rings. The van der Waals surface area contributed by atoms with E-state index >= 15 is 0 Å². The molecular weight excluding hydrogens is 291 g/mol. The molecule has 0 spiro atoms. The molecule has 0 aliphatic heterocycles. The van der Waals surface area contributed by atoms with Crippen LogP contribution in [0.4, 0.5) is 23.0 Å². The van der Waals surface area contributed by atoms with E-state index in [0.717, 1.165) is 16.5 Å². The van der Waals surface area contributed by atoms with Crippen LogP contribution in [-0.2, 0) is 6.42 Å². The van der Waals surface area contributed by atoms with Crippen LogP contribution < -0.4 is 0 Å². The topological polar surface area (TPSA) is 28.1 Å². The summed E-state index contributed by atoms with van der Waals surface area (Å²) in [6.07, 6.45) is 0.874. The third-order valence-corrected chi connectivity index (χ3v) is 2.02. The lowest BCUT2D eigenvalue weighted by atomic mass is 10.1. The standard InChI is InChI=1S/C8H8BrN2.BF4/c1-2-6-5-7(9)3-4-8(6)11-10;2-1(3,4)5/h3-5H,2H2,1H3;/q+1;-1. The lowest BCUT2D eigenvalue weighted by molar-refractivity contribution is 0.368. The first-order chi connectivity index (χ1) is 7.27. The molecule has 0 aliphatic rings. The number of halogens is 5. The Balaban J connectivity index is 0.000000385. The largest absolute Gasteiger partial charge is 0.673 e. The van der Waals surface area contributed by atoms with Crippen molar-refractivity contribution in [2.45, 2.75) is 13.3 Å². The van der Waals surface area contributed by atoms with Crippen molar-refractivity contribution in [1.29, 1.82) is 5.39 Å². The van der Waals surface area contributed by atoms with Gasteiger partial charge in [0.25, 0.3) is 0 Å². The fourth-order valence-corrected chi connectivity index (χ4v) is 1.34. The number of benzene rings is 1. The quantitative estimate of drug-likeness (QED) is 0.416. The van der Waals surface area contributed by atoms with Gasteiger partial charge in [-0.2, -0.15) is 0 Å². The van der Waals surface area contributed by atoms with Crippen LogP contribution in [0.3, 0.4) is 0 Å². The number of hydrogen-bond acceptors (Lipinski definition) is 1. The Hall–Kier alpha value is -1.10. The number of diazo groups is 1. The second-order valence-corrected chi connectivity index (χ2v) is 3.64. The van der Waals surface area contributed by atoms with Gasteiger partial charge in [-0.1, -0.05) is 22.9 Å². The van der Waals surface area contributed by atoms with Crippen LogP contribution >= 0.6 is 15.9 Å². The molecule has 16 heavy (non-hydrogen) atoms. The van der Waals surface area contributed by atoms with Crippen molar-refractivity contribution in [1.82, 2.24) is 0 Å². The molecule has 0 N–H and O–H groups in total. The van der Waals surface area contributed by atoms with Crippen molar-refractivity contribution in [2.75, 3.05) is 0 Å². The summed E-state index contributed by atoms with van der Waals surface area (Å²) in [6.45, 7) is 2.02. The molecule has 0 saturated heterocycles. The third kappa shape index (κ3) is 7.23. The maximum Gasteiger partial charge on any atom is 0.673 e. The molecule has 0 radical (unpaired) electrons. The summed E-state index contributed by atoms with van der Waals surface area (Å²) in [5, 5.41) is 8.55. The van der Waals surface area contributed by atoms with Gasteiger partial charge in [0.1, 0.15) is 0 Å². The first-order valence-corrected chi connectivity index (χ1v) is 5.08. The highest BCUT2D eigenvalue weighted by Crippen LogP contribution is 2.23. The van der Waals surface area contributed by atoms with E-state index in [4.69, 9.17) is 5.39 Å². The lowest BCUT2D eigenvalue weighted by Crippen LogP contribution is -2.02. The molecule has 0 aromatic heterocycles. The van der Waals surface area contributed by atoms with Crippen LogP contribution in [-0.4, -0.2) is 7.25 Å². The summed E-state index contributed by atoms with van der Waals surface area (Å²) in [6, 6.07) is 5.59. The second-order valence-electron chi connectivity index (χ2n) is 2.72. The van der Waals surface area contributed by atoms with Gasteiger partial charge < -0.3 is 17.3 Å². The summed E-state index contributed by atoms with van der Waals surface area (Å²) in [5.74, 6) is 0. The van der Waals surface area contributed by atoms with Gasteiger partial charge in [-0.05, 0) is 18.6 Å². The van der Waals surface area contributed by atoms with E-state index in [1.54, 1.807) is 6.07 Å². The minimum absolute atomic E-state index is 0.649. The molecule has 8 heteroatoms. The Morgan fingerprint density at radius 3 is 2.19 bits per heavy atom.